The molecule has 0 fully saturated rings. The quantitative estimate of drug-likeness (QED) is 0.836. The van der Waals surface area contributed by atoms with E-state index in [9.17, 15) is 4.79 Å². The highest BCUT2D eigenvalue weighted by Crippen LogP contribution is 2.10. The minimum atomic E-state index is -0.152. The van der Waals surface area contributed by atoms with Gasteiger partial charge in [-0.2, -0.15) is 0 Å². The van der Waals surface area contributed by atoms with Gasteiger partial charge >= 0.3 is 0 Å². The molecule has 17 heavy (non-hydrogen) atoms. The molecule has 1 amide bonds. The molecule has 0 spiro atoms. The topological polar surface area (TPSA) is 55.1 Å². The van der Waals surface area contributed by atoms with Crippen LogP contribution in [-0.2, 0) is 11.3 Å². The molecule has 1 aromatic carbocycles. The van der Waals surface area contributed by atoms with Gasteiger partial charge in [0, 0.05) is 18.5 Å². The molecule has 0 heterocycles. The third-order valence-corrected chi connectivity index (χ3v) is 3.15. The second-order valence-corrected chi connectivity index (χ2v) is 4.80. The van der Waals surface area contributed by atoms with Gasteiger partial charge in [0.2, 0.25) is 5.91 Å². The average molecular weight is 234 g/mol. The summed E-state index contributed by atoms with van der Waals surface area (Å²) in [7, 11) is 0. The van der Waals surface area contributed by atoms with Crippen molar-refractivity contribution < 1.29 is 4.79 Å². The first-order valence-electron chi connectivity index (χ1n) is 6.01. The molecule has 0 aromatic heterocycles. The van der Waals surface area contributed by atoms with Crippen molar-refractivity contribution in [3.63, 3.8) is 0 Å². The molecule has 94 valence electrons. The van der Waals surface area contributed by atoms with Crippen LogP contribution in [0.4, 0.5) is 0 Å². The molecule has 0 radical (unpaired) electrons. The Bertz CT molecular complexity index is 399. The van der Waals surface area contributed by atoms with Crippen LogP contribution in [-0.4, -0.2) is 11.9 Å². The summed E-state index contributed by atoms with van der Waals surface area (Å²) in [6, 6.07) is 6.12. The summed E-state index contributed by atoms with van der Waals surface area (Å²) in [6.07, 6.45) is 0. The van der Waals surface area contributed by atoms with Crippen LogP contribution in [0.3, 0.4) is 0 Å². The first kappa shape index (κ1) is 13.7. The molecular weight excluding hydrogens is 212 g/mol. The molecule has 0 saturated heterocycles. The lowest BCUT2D eigenvalue weighted by Crippen LogP contribution is -2.38. The van der Waals surface area contributed by atoms with Gasteiger partial charge in [-0.05, 0) is 31.9 Å². The third-order valence-electron chi connectivity index (χ3n) is 3.15. The summed E-state index contributed by atoms with van der Waals surface area (Å²) in [4.78, 5) is 11.7. The van der Waals surface area contributed by atoms with Crippen LogP contribution in [0.15, 0.2) is 18.2 Å². The molecule has 3 N–H and O–H groups in total. The number of carbonyl (C=O) groups excluding carboxylic acids is 1. The average Bonchev–Trinajstić information content (AvgIpc) is 2.26. The highest BCUT2D eigenvalue weighted by molar-refractivity contribution is 5.78. The molecule has 3 nitrogen and oxygen atoms in total. The molecular formula is C14H22N2O. The van der Waals surface area contributed by atoms with E-state index in [4.69, 9.17) is 5.73 Å². The van der Waals surface area contributed by atoms with Crippen molar-refractivity contribution in [2.24, 2.45) is 11.7 Å². The van der Waals surface area contributed by atoms with E-state index in [1.165, 1.54) is 11.1 Å². The van der Waals surface area contributed by atoms with Crippen LogP contribution in [0.25, 0.3) is 0 Å². The van der Waals surface area contributed by atoms with E-state index in [0.29, 0.717) is 6.54 Å². The third kappa shape index (κ3) is 3.86. The highest BCUT2D eigenvalue weighted by atomic mass is 16.1. The minimum Gasteiger partial charge on any atom is -0.352 e. The Balaban J connectivity index is 2.59. The van der Waals surface area contributed by atoms with E-state index in [2.05, 4.69) is 37.4 Å². The van der Waals surface area contributed by atoms with Crippen LogP contribution < -0.4 is 11.1 Å². The van der Waals surface area contributed by atoms with Crippen molar-refractivity contribution >= 4 is 5.91 Å². The summed E-state index contributed by atoms with van der Waals surface area (Å²) < 4.78 is 0. The SMILES string of the molecule is Cc1ccc(CNC(=O)C(C)C(C)N)c(C)c1. The van der Waals surface area contributed by atoms with Gasteiger partial charge in [-0.1, -0.05) is 30.7 Å². The van der Waals surface area contributed by atoms with Crippen LogP contribution in [0.2, 0.25) is 0 Å². The Labute approximate surface area is 103 Å². The van der Waals surface area contributed by atoms with E-state index in [-0.39, 0.29) is 17.9 Å². The fourth-order valence-corrected chi connectivity index (χ4v) is 1.63. The van der Waals surface area contributed by atoms with E-state index in [0.717, 1.165) is 5.56 Å². The molecule has 0 aliphatic heterocycles. The number of nitrogens with one attached hydrogen (secondary N) is 1. The fourth-order valence-electron chi connectivity index (χ4n) is 1.63. The Morgan fingerprint density at radius 3 is 2.53 bits per heavy atom. The maximum absolute atomic E-state index is 11.7. The second kappa shape index (κ2) is 5.82. The number of hydrogen-bond acceptors (Lipinski definition) is 2. The maximum Gasteiger partial charge on any atom is 0.224 e. The Morgan fingerprint density at radius 1 is 1.35 bits per heavy atom. The van der Waals surface area contributed by atoms with Crippen molar-refractivity contribution in [1.29, 1.82) is 0 Å². The lowest BCUT2D eigenvalue weighted by atomic mass is 10.0. The Hall–Kier alpha value is -1.35. The van der Waals surface area contributed by atoms with E-state index < -0.39 is 0 Å². The summed E-state index contributed by atoms with van der Waals surface area (Å²) in [5.41, 5.74) is 9.29. The molecule has 1 rings (SSSR count). The van der Waals surface area contributed by atoms with E-state index >= 15 is 0 Å². The van der Waals surface area contributed by atoms with Crippen molar-refractivity contribution in [1.82, 2.24) is 5.32 Å². The first-order chi connectivity index (χ1) is 7.91. The Morgan fingerprint density at radius 2 is 2.00 bits per heavy atom. The lowest BCUT2D eigenvalue weighted by Gasteiger charge is -2.16. The standard InChI is InChI=1S/C14H22N2O/c1-9-5-6-13(10(2)7-9)8-16-14(17)11(3)12(4)15/h5-7,11-12H,8,15H2,1-4H3,(H,16,17). The molecule has 0 bridgehead atoms. The zero-order chi connectivity index (χ0) is 13.0. The number of amides is 1. The molecule has 3 heteroatoms. The van der Waals surface area contributed by atoms with Gasteiger partial charge in [0.25, 0.3) is 0 Å². The predicted molar refractivity (Wildman–Crippen MR) is 70.6 cm³/mol. The number of aryl methyl sites for hydroxylation is 2. The molecule has 0 aliphatic rings. The summed E-state index contributed by atoms with van der Waals surface area (Å²) in [5, 5.41) is 2.92. The van der Waals surface area contributed by atoms with Gasteiger partial charge in [-0.15, -0.1) is 0 Å². The second-order valence-electron chi connectivity index (χ2n) is 4.80. The number of nitrogens with two attached hydrogens (primary N) is 1. The minimum absolute atomic E-state index is 0.0139. The van der Waals surface area contributed by atoms with Gasteiger partial charge < -0.3 is 11.1 Å². The Kier molecular flexibility index (Phi) is 4.70. The monoisotopic (exact) mass is 234 g/mol. The lowest BCUT2D eigenvalue weighted by molar-refractivity contribution is -0.125. The first-order valence-corrected chi connectivity index (χ1v) is 6.01. The van der Waals surface area contributed by atoms with E-state index in [1.807, 2.05) is 13.8 Å². The smallest absolute Gasteiger partial charge is 0.224 e. The summed E-state index contributed by atoms with van der Waals surface area (Å²) in [6.45, 7) is 8.39. The van der Waals surface area contributed by atoms with Crippen molar-refractivity contribution in [3.8, 4) is 0 Å². The van der Waals surface area contributed by atoms with Crippen LogP contribution in [0, 0.1) is 19.8 Å². The van der Waals surface area contributed by atoms with Gasteiger partial charge in [0.05, 0.1) is 0 Å². The van der Waals surface area contributed by atoms with Crippen LogP contribution in [0.1, 0.15) is 30.5 Å². The highest BCUT2D eigenvalue weighted by Gasteiger charge is 2.16. The van der Waals surface area contributed by atoms with E-state index in [1.54, 1.807) is 0 Å². The molecule has 0 saturated carbocycles. The molecule has 2 unspecified atom stereocenters. The normalized spacial score (nSPS) is 14.2. The zero-order valence-corrected chi connectivity index (χ0v) is 11.1. The number of rotatable bonds is 4. The molecule has 2 atom stereocenters. The van der Waals surface area contributed by atoms with Gasteiger partial charge in [0.1, 0.15) is 0 Å². The molecule has 1 aromatic rings. The van der Waals surface area contributed by atoms with Crippen molar-refractivity contribution in [2.75, 3.05) is 0 Å². The maximum atomic E-state index is 11.7. The predicted octanol–water partition coefficient (Wildman–Crippen LogP) is 1.90. The van der Waals surface area contributed by atoms with Gasteiger partial charge in [0.15, 0.2) is 0 Å². The largest absolute Gasteiger partial charge is 0.352 e. The van der Waals surface area contributed by atoms with Crippen molar-refractivity contribution in [2.45, 2.75) is 40.3 Å². The van der Waals surface area contributed by atoms with Gasteiger partial charge in [-0.3, -0.25) is 4.79 Å². The zero-order valence-electron chi connectivity index (χ0n) is 11.1. The fraction of sp³-hybridized carbons (Fsp3) is 0.500. The molecule has 0 aliphatic carbocycles. The van der Waals surface area contributed by atoms with Gasteiger partial charge in [-0.25, -0.2) is 0 Å². The summed E-state index contributed by atoms with van der Waals surface area (Å²) in [5.74, 6) is -0.138. The van der Waals surface area contributed by atoms with Crippen molar-refractivity contribution in [3.05, 3.63) is 34.9 Å². The van der Waals surface area contributed by atoms with Crippen LogP contribution in [0.5, 0.6) is 0 Å². The van der Waals surface area contributed by atoms with Crippen LogP contribution >= 0.6 is 0 Å². The number of benzene rings is 1. The number of hydrogen-bond donors (Lipinski definition) is 2. The number of carbonyl (C=O) groups is 1. The summed E-state index contributed by atoms with van der Waals surface area (Å²) >= 11 is 0.